The first-order valence-corrected chi connectivity index (χ1v) is 6.59. The van der Waals surface area contributed by atoms with E-state index in [1.807, 2.05) is 26.8 Å². The molecule has 0 aromatic heterocycles. The van der Waals surface area contributed by atoms with Crippen molar-refractivity contribution >= 4 is 5.97 Å². The summed E-state index contributed by atoms with van der Waals surface area (Å²) >= 11 is 0. The van der Waals surface area contributed by atoms with Gasteiger partial charge in [-0.15, -0.1) is 0 Å². The minimum Gasteiger partial charge on any atom is -0.457 e. The van der Waals surface area contributed by atoms with Crippen molar-refractivity contribution in [2.75, 3.05) is 7.11 Å². The standard InChI is InChI=1S/C15H28O3/c1-11(2)14(17-7)12(3)9-8-10-13(16)18-15(4,5)6/h8,10-12,14H,9H2,1-7H3/b10-8+/t12-,14+/m0/s1. The summed E-state index contributed by atoms with van der Waals surface area (Å²) in [7, 11) is 1.73. The molecule has 0 N–H and O–H groups in total. The summed E-state index contributed by atoms with van der Waals surface area (Å²) in [6, 6.07) is 0. The van der Waals surface area contributed by atoms with Gasteiger partial charge in [-0.1, -0.05) is 26.8 Å². The molecule has 0 amide bonds. The molecule has 0 aliphatic carbocycles. The number of carbonyl (C=O) groups excluding carboxylic acids is 1. The van der Waals surface area contributed by atoms with Crippen LogP contribution in [0.3, 0.4) is 0 Å². The molecule has 0 aliphatic rings. The number of esters is 1. The zero-order valence-corrected chi connectivity index (χ0v) is 12.8. The predicted octanol–water partition coefficient (Wildman–Crippen LogP) is 3.58. The fraction of sp³-hybridized carbons (Fsp3) is 0.800. The van der Waals surface area contributed by atoms with E-state index in [2.05, 4.69) is 20.8 Å². The van der Waals surface area contributed by atoms with Gasteiger partial charge in [0.15, 0.2) is 0 Å². The van der Waals surface area contributed by atoms with Gasteiger partial charge in [0.1, 0.15) is 5.60 Å². The van der Waals surface area contributed by atoms with Crippen molar-refractivity contribution in [3.63, 3.8) is 0 Å². The van der Waals surface area contributed by atoms with Gasteiger partial charge in [-0.25, -0.2) is 4.79 Å². The minimum atomic E-state index is -0.431. The monoisotopic (exact) mass is 256 g/mol. The molecule has 0 radical (unpaired) electrons. The average Bonchev–Trinajstić information content (AvgIpc) is 2.14. The second-order valence-corrected chi connectivity index (χ2v) is 6.09. The van der Waals surface area contributed by atoms with Gasteiger partial charge in [0.25, 0.3) is 0 Å². The van der Waals surface area contributed by atoms with Crippen molar-refractivity contribution < 1.29 is 14.3 Å². The SMILES string of the molecule is CO[C@H](C(C)C)[C@@H](C)C/C=C/C(=O)OC(C)(C)C. The second kappa shape index (κ2) is 7.57. The van der Waals surface area contributed by atoms with Crippen molar-refractivity contribution in [2.45, 2.75) is 59.7 Å². The lowest BCUT2D eigenvalue weighted by Crippen LogP contribution is -2.26. The number of hydrogen-bond donors (Lipinski definition) is 0. The highest BCUT2D eigenvalue weighted by molar-refractivity contribution is 5.82. The summed E-state index contributed by atoms with van der Waals surface area (Å²) in [5, 5.41) is 0. The third-order valence-corrected chi connectivity index (χ3v) is 2.66. The molecule has 0 saturated heterocycles. The highest BCUT2D eigenvalue weighted by Crippen LogP contribution is 2.19. The van der Waals surface area contributed by atoms with Crippen LogP contribution in [0, 0.1) is 11.8 Å². The summed E-state index contributed by atoms with van der Waals surface area (Å²) < 4.78 is 10.7. The highest BCUT2D eigenvalue weighted by atomic mass is 16.6. The van der Waals surface area contributed by atoms with Crippen LogP contribution < -0.4 is 0 Å². The Morgan fingerprint density at radius 3 is 2.17 bits per heavy atom. The molecule has 0 fully saturated rings. The van der Waals surface area contributed by atoms with Crippen LogP contribution in [0.5, 0.6) is 0 Å². The first-order chi connectivity index (χ1) is 8.17. The molecule has 0 heterocycles. The van der Waals surface area contributed by atoms with E-state index >= 15 is 0 Å². The Morgan fingerprint density at radius 1 is 1.22 bits per heavy atom. The van der Waals surface area contributed by atoms with E-state index in [-0.39, 0.29) is 12.1 Å². The van der Waals surface area contributed by atoms with E-state index in [1.54, 1.807) is 7.11 Å². The third-order valence-electron chi connectivity index (χ3n) is 2.66. The van der Waals surface area contributed by atoms with E-state index in [4.69, 9.17) is 9.47 Å². The van der Waals surface area contributed by atoms with Gasteiger partial charge in [0.05, 0.1) is 6.10 Å². The Balaban J connectivity index is 4.19. The smallest absolute Gasteiger partial charge is 0.330 e. The number of ether oxygens (including phenoxy) is 2. The first kappa shape index (κ1) is 17.2. The topological polar surface area (TPSA) is 35.5 Å². The molecular weight excluding hydrogens is 228 g/mol. The molecule has 0 aliphatic heterocycles. The first-order valence-electron chi connectivity index (χ1n) is 6.59. The van der Waals surface area contributed by atoms with E-state index in [0.29, 0.717) is 11.8 Å². The summed E-state index contributed by atoms with van der Waals surface area (Å²) in [4.78, 5) is 11.5. The lowest BCUT2D eigenvalue weighted by molar-refractivity contribution is -0.148. The van der Waals surface area contributed by atoms with Crippen LogP contribution in [-0.2, 0) is 14.3 Å². The number of methoxy groups -OCH3 is 1. The van der Waals surface area contributed by atoms with Gasteiger partial charge < -0.3 is 9.47 Å². The lowest BCUT2D eigenvalue weighted by Gasteiger charge is -2.25. The number of allylic oxidation sites excluding steroid dienone is 1. The van der Waals surface area contributed by atoms with E-state index in [1.165, 1.54) is 6.08 Å². The molecule has 18 heavy (non-hydrogen) atoms. The van der Waals surface area contributed by atoms with Gasteiger partial charge in [-0.3, -0.25) is 0 Å². The van der Waals surface area contributed by atoms with Crippen LogP contribution in [-0.4, -0.2) is 24.8 Å². The van der Waals surface area contributed by atoms with Gasteiger partial charge in [0, 0.05) is 13.2 Å². The zero-order valence-electron chi connectivity index (χ0n) is 12.8. The maximum atomic E-state index is 11.5. The molecule has 0 spiro atoms. The molecule has 0 aromatic carbocycles. The fourth-order valence-electron chi connectivity index (χ4n) is 2.01. The van der Waals surface area contributed by atoms with Gasteiger partial charge in [-0.05, 0) is 39.0 Å². The van der Waals surface area contributed by atoms with E-state index in [0.717, 1.165) is 6.42 Å². The predicted molar refractivity (Wildman–Crippen MR) is 74.4 cm³/mol. The van der Waals surface area contributed by atoms with Crippen molar-refractivity contribution in [1.82, 2.24) is 0 Å². The van der Waals surface area contributed by atoms with Crippen molar-refractivity contribution in [1.29, 1.82) is 0 Å². The Morgan fingerprint density at radius 2 is 1.78 bits per heavy atom. The Bertz CT molecular complexity index is 274. The van der Waals surface area contributed by atoms with Gasteiger partial charge >= 0.3 is 5.97 Å². The quantitative estimate of drug-likeness (QED) is 0.538. The molecule has 0 bridgehead atoms. The maximum Gasteiger partial charge on any atom is 0.330 e. The Labute approximate surface area is 112 Å². The molecule has 0 aromatic rings. The minimum absolute atomic E-state index is 0.216. The van der Waals surface area contributed by atoms with Crippen molar-refractivity contribution in [3.8, 4) is 0 Å². The van der Waals surface area contributed by atoms with E-state index in [9.17, 15) is 4.79 Å². The molecule has 0 saturated carbocycles. The molecule has 2 atom stereocenters. The van der Waals surface area contributed by atoms with E-state index < -0.39 is 5.60 Å². The summed E-state index contributed by atoms with van der Waals surface area (Å²) in [6.07, 6.45) is 4.41. The van der Waals surface area contributed by atoms with Gasteiger partial charge in [-0.2, -0.15) is 0 Å². The Hall–Kier alpha value is -0.830. The lowest BCUT2D eigenvalue weighted by atomic mass is 9.92. The largest absolute Gasteiger partial charge is 0.457 e. The zero-order chi connectivity index (χ0) is 14.3. The fourth-order valence-corrected chi connectivity index (χ4v) is 2.01. The maximum absolute atomic E-state index is 11.5. The molecule has 0 rings (SSSR count). The molecule has 3 heteroatoms. The number of carbonyl (C=O) groups is 1. The van der Waals surface area contributed by atoms with Gasteiger partial charge in [0.2, 0.25) is 0 Å². The van der Waals surface area contributed by atoms with Crippen molar-refractivity contribution in [3.05, 3.63) is 12.2 Å². The van der Waals surface area contributed by atoms with Crippen LogP contribution in [0.2, 0.25) is 0 Å². The summed E-state index contributed by atoms with van der Waals surface area (Å²) in [5.74, 6) is 0.571. The number of rotatable bonds is 6. The van der Waals surface area contributed by atoms with Crippen LogP contribution in [0.4, 0.5) is 0 Å². The molecular formula is C15H28O3. The van der Waals surface area contributed by atoms with Crippen LogP contribution in [0.1, 0.15) is 48.0 Å². The normalized spacial score (nSPS) is 16.0. The van der Waals surface area contributed by atoms with Crippen molar-refractivity contribution in [2.24, 2.45) is 11.8 Å². The number of hydrogen-bond acceptors (Lipinski definition) is 3. The van der Waals surface area contributed by atoms with Crippen LogP contribution in [0.15, 0.2) is 12.2 Å². The molecule has 106 valence electrons. The summed E-state index contributed by atoms with van der Waals surface area (Å²) in [5.41, 5.74) is -0.431. The average molecular weight is 256 g/mol. The summed E-state index contributed by atoms with van der Waals surface area (Å²) in [6.45, 7) is 12.0. The highest BCUT2D eigenvalue weighted by Gasteiger charge is 2.19. The molecule has 0 unspecified atom stereocenters. The van der Waals surface area contributed by atoms with Crippen LogP contribution in [0.25, 0.3) is 0 Å². The second-order valence-electron chi connectivity index (χ2n) is 6.09. The van der Waals surface area contributed by atoms with Crippen LogP contribution >= 0.6 is 0 Å². The molecule has 3 nitrogen and oxygen atoms in total. The third kappa shape index (κ3) is 7.49. The Kier molecular flexibility index (Phi) is 7.22.